The van der Waals surface area contributed by atoms with Gasteiger partial charge in [-0.25, -0.2) is 14.6 Å². The molecule has 1 saturated heterocycles. The van der Waals surface area contributed by atoms with Gasteiger partial charge < -0.3 is 9.72 Å². The highest BCUT2D eigenvalue weighted by Gasteiger charge is 2.26. The zero-order valence-electron chi connectivity index (χ0n) is 12.9. The van der Waals surface area contributed by atoms with Crippen molar-refractivity contribution in [2.45, 2.75) is 56.9 Å². The van der Waals surface area contributed by atoms with Crippen LogP contribution in [0.1, 0.15) is 62.7 Å². The summed E-state index contributed by atoms with van der Waals surface area (Å²) >= 11 is 0. The van der Waals surface area contributed by atoms with Gasteiger partial charge >= 0.3 is 0 Å². The topological polar surface area (TPSA) is 68.6 Å². The summed E-state index contributed by atoms with van der Waals surface area (Å²) in [5.41, 5.74) is 0.969. The Morgan fingerprint density at radius 1 is 1.09 bits per heavy atom. The summed E-state index contributed by atoms with van der Waals surface area (Å²) in [5, 5.41) is 4.92. The van der Waals surface area contributed by atoms with Crippen molar-refractivity contribution in [2.24, 2.45) is 0 Å². The lowest BCUT2D eigenvalue weighted by molar-refractivity contribution is 0.0834. The fourth-order valence-electron chi connectivity index (χ4n) is 3.61. The predicted molar refractivity (Wildman–Crippen MR) is 82.5 cm³/mol. The van der Waals surface area contributed by atoms with Crippen LogP contribution in [0.2, 0.25) is 0 Å². The SMILES string of the molecule is c1ncc(-c2nc(C3CCOCC3)nn2C2CCCCC2)[nH]1. The van der Waals surface area contributed by atoms with E-state index in [0.29, 0.717) is 12.0 Å². The van der Waals surface area contributed by atoms with Crippen LogP contribution in [0.25, 0.3) is 11.5 Å². The Labute approximate surface area is 130 Å². The van der Waals surface area contributed by atoms with Gasteiger partial charge in [-0.15, -0.1) is 0 Å². The second-order valence-corrected chi connectivity index (χ2v) is 6.38. The molecule has 6 nitrogen and oxygen atoms in total. The largest absolute Gasteiger partial charge is 0.381 e. The Balaban J connectivity index is 1.69. The molecule has 1 saturated carbocycles. The molecule has 1 aliphatic heterocycles. The molecule has 0 spiro atoms. The Hall–Kier alpha value is -1.69. The summed E-state index contributed by atoms with van der Waals surface area (Å²) in [6.45, 7) is 1.64. The van der Waals surface area contributed by atoms with Gasteiger partial charge in [0, 0.05) is 19.1 Å². The first-order valence-electron chi connectivity index (χ1n) is 8.45. The number of ether oxygens (including phenoxy) is 1. The molecule has 4 rings (SSSR count). The molecule has 1 N–H and O–H groups in total. The average Bonchev–Trinajstić information content (AvgIpc) is 3.26. The first kappa shape index (κ1) is 13.9. The van der Waals surface area contributed by atoms with Crippen LogP contribution in [0.15, 0.2) is 12.5 Å². The average molecular weight is 301 g/mol. The van der Waals surface area contributed by atoms with Gasteiger partial charge in [0.15, 0.2) is 11.6 Å². The minimum absolute atomic E-state index is 0.431. The second kappa shape index (κ2) is 6.20. The molecule has 118 valence electrons. The van der Waals surface area contributed by atoms with Gasteiger partial charge in [-0.05, 0) is 25.7 Å². The zero-order valence-corrected chi connectivity index (χ0v) is 12.9. The number of hydrogen-bond acceptors (Lipinski definition) is 4. The molecular formula is C16H23N5O. The van der Waals surface area contributed by atoms with Crippen LogP contribution in [-0.4, -0.2) is 37.9 Å². The quantitative estimate of drug-likeness (QED) is 0.946. The smallest absolute Gasteiger partial charge is 0.176 e. The fraction of sp³-hybridized carbons (Fsp3) is 0.688. The molecule has 0 unspecified atom stereocenters. The van der Waals surface area contributed by atoms with E-state index in [1.807, 2.05) is 6.20 Å². The number of H-pyrrole nitrogens is 1. The maximum Gasteiger partial charge on any atom is 0.176 e. The molecule has 0 radical (unpaired) electrons. The van der Waals surface area contributed by atoms with Crippen LogP contribution in [0, 0.1) is 0 Å². The number of imidazole rings is 1. The van der Waals surface area contributed by atoms with Gasteiger partial charge in [0.1, 0.15) is 5.69 Å². The lowest BCUT2D eigenvalue weighted by Gasteiger charge is -2.23. The Bertz CT molecular complexity index is 594. The highest BCUT2D eigenvalue weighted by molar-refractivity contribution is 5.48. The van der Waals surface area contributed by atoms with Crippen molar-refractivity contribution in [2.75, 3.05) is 13.2 Å². The number of rotatable bonds is 3. The van der Waals surface area contributed by atoms with Gasteiger partial charge in [0.25, 0.3) is 0 Å². The van der Waals surface area contributed by atoms with Crippen molar-refractivity contribution in [3.05, 3.63) is 18.3 Å². The Kier molecular flexibility index (Phi) is 3.93. The Morgan fingerprint density at radius 2 is 1.91 bits per heavy atom. The standard InChI is InChI=1S/C16H23N5O/c1-2-4-13(5-3-1)21-16(14-10-17-11-18-14)19-15(20-21)12-6-8-22-9-7-12/h10-13H,1-9H2,(H,17,18). The van der Waals surface area contributed by atoms with Crippen LogP contribution in [0.4, 0.5) is 0 Å². The van der Waals surface area contributed by atoms with Crippen LogP contribution < -0.4 is 0 Å². The first-order valence-corrected chi connectivity index (χ1v) is 8.45. The summed E-state index contributed by atoms with van der Waals surface area (Å²) in [5.74, 6) is 2.37. The third-order valence-electron chi connectivity index (χ3n) is 4.89. The van der Waals surface area contributed by atoms with Crippen molar-refractivity contribution in [1.82, 2.24) is 24.7 Å². The van der Waals surface area contributed by atoms with Gasteiger partial charge in [0.05, 0.1) is 18.6 Å². The third-order valence-corrected chi connectivity index (χ3v) is 4.89. The van der Waals surface area contributed by atoms with Gasteiger partial charge in [0.2, 0.25) is 0 Å². The lowest BCUT2D eigenvalue weighted by atomic mass is 9.95. The molecule has 0 aromatic carbocycles. The summed E-state index contributed by atoms with van der Waals surface area (Å²) < 4.78 is 7.63. The molecular weight excluding hydrogens is 278 g/mol. The summed E-state index contributed by atoms with van der Waals surface area (Å²) in [7, 11) is 0. The number of aromatic nitrogens is 5. The van der Waals surface area contributed by atoms with Crippen molar-refractivity contribution < 1.29 is 4.74 Å². The molecule has 3 heterocycles. The van der Waals surface area contributed by atoms with E-state index in [4.69, 9.17) is 14.8 Å². The maximum atomic E-state index is 5.47. The fourth-order valence-corrected chi connectivity index (χ4v) is 3.61. The van der Waals surface area contributed by atoms with E-state index in [1.165, 1.54) is 32.1 Å². The van der Waals surface area contributed by atoms with Gasteiger partial charge in [-0.2, -0.15) is 5.10 Å². The Morgan fingerprint density at radius 3 is 2.64 bits per heavy atom. The highest BCUT2D eigenvalue weighted by Crippen LogP contribution is 2.33. The van der Waals surface area contributed by atoms with Crippen molar-refractivity contribution in [3.8, 4) is 11.5 Å². The van der Waals surface area contributed by atoms with Crippen LogP contribution in [0.5, 0.6) is 0 Å². The monoisotopic (exact) mass is 301 g/mol. The first-order chi connectivity index (χ1) is 10.9. The summed E-state index contributed by atoms with van der Waals surface area (Å²) in [4.78, 5) is 12.2. The molecule has 22 heavy (non-hydrogen) atoms. The molecule has 0 bridgehead atoms. The van der Waals surface area contributed by atoms with E-state index in [1.54, 1.807) is 6.33 Å². The molecule has 0 amide bonds. The molecule has 2 fully saturated rings. The van der Waals surface area contributed by atoms with E-state index in [9.17, 15) is 0 Å². The van der Waals surface area contributed by atoms with E-state index in [0.717, 1.165) is 43.4 Å². The number of aromatic amines is 1. The molecule has 2 aromatic rings. The van der Waals surface area contributed by atoms with Crippen LogP contribution in [-0.2, 0) is 4.74 Å². The molecule has 2 aliphatic rings. The lowest BCUT2D eigenvalue weighted by Crippen LogP contribution is -2.17. The van der Waals surface area contributed by atoms with Gasteiger partial charge in [-0.3, -0.25) is 0 Å². The minimum Gasteiger partial charge on any atom is -0.381 e. The van der Waals surface area contributed by atoms with Crippen molar-refractivity contribution >= 4 is 0 Å². The minimum atomic E-state index is 0.431. The second-order valence-electron chi connectivity index (χ2n) is 6.38. The van der Waals surface area contributed by atoms with E-state index < -0.39 is 0 Å². The molecule has 2 aromatic heterocycles. The molecule has 0 atom stereocenters. The normalized spacial score (nSPS) is 21.3. The number of hydrogen-bond donors (Lipinski definition) is 1. The van der Waals surface area contributed by atoms with Crippen LogP contribution in [0.3, 0.4) is 0 Å². The predicted octanol–water partition coefficient (Wildman–Crippen LogP) is 3.07. The number of nitrogens with zero attached hydrogens (tertiary/aromatic N) is 4. The summed E-state index contributed by atoms with van der Waals surface area (Å²) in [6.07, 6.45) is 11.9. The molecule has 1 aliphatic carbocycles. The number of nitrogens with one attached hydrogen (secondary N) is 1. The van der Waals surface area contributed by atoms with Gasteiger partial charge in [-0.1, -0.05) is 19.3 Å². The molecule has 6 heteroatoms. The highest BCUT2D eigenvalue weighted by atomic mass is 16.5. The van der Waals surface area contributed by atoms with E-state index >= 15 is 0 Å². The zero-order chi connectivity index (χ0) is 14.8. The third kappa shape index (κ3) is 2.67. The van der Waals surface area contributed by atoms with Crippen molar-refractivity contribution in [1.29, 1.82) is 0 Å². The van der Waals surface area contributed by atoms with Crippen molar-refractivity contribution in [3.63, 3.8) is 0 Å². The maximum absolute atomic E-state index is 5.47. The van der Waals surface area contributed by atoms with E-state index in [2.05, 4.69) is 14.6 Å². The van der Waals surface area contributed by atoms with Crippen LogP contribution >= 0.6 is 0 Å². The van der Waals surface area contributed by atoms with E-state index in [-0.39, 0.29) is 0 Å². The summed E-state index contributed by atoms with van der Waals surface area (Å²) in [6, 6.07) is 0.480.